The van der Waals surface area contributed by atoms with Crippen molar-refractivity contribution in [3.8, 4) is 23.0 Å². The van der Waals surface area contributed by atoms with E-state index in [9.17, 15) is 0 Å². The third-order valence-corrected chi connectivity index (χ3v) is 4.96. The average Bonchev–Trinajstić information content (AvgIpc) is 2.76. The molecule has 0 aliphatic carbocycles. The summed E-state index contributed by atoms with van der Waals surface area (Å²) in [4.78, 5) is 0. The van der Waals surface area contributed by atoms with Crippen molar-refractivity contribution in [1.82, 2.24) is 0 Å². The van der Waals surface area contributed by atoms with Crippen LogP contribution < -0.4 is 9.47 Å². The fraction of sp³-hybridized carbons (Fsp3) is 0.0769. The molecule has 0 atom stereocenters. The Kier molecular flexibility index (Phi) is 6.00. The van der Waals surface area contributed by atoms with Crippen molar-refractivity contribution in [2.24, 2.45) is 0 Å². The van der Waals surface area contributed by atoms with Crippen molar-refractivity contribution in [3.63, 3.8) is 0 Å². The van der Waals surface area contributed by atoms with Crippen molar-refractivity contribution in [3.05, 3.63) is 119 Å². The van der Waals surface area contributed by atoms with Crippen molar-refractivity contribution in [1.29, 1.82) is 0 Å². The molecule has 0 saturated carbocycles. The van der Waals surface area contributed by atoms with Crippen LogP contribution in [0.5, 0.6) is 23.0 Å². The Labute approximate surface area is 191 Å². The fourth-order valence-corrected chi connectivity index (χ4v) is 3.52. The van der Waals surface area contributed by atoms with Gasteiger partial charge >= 0.3 is 27.3 Å². The van der Waals surface area contributed by atoms with Gasteiger partial charge in [-0.2, -0.15) is 36.4 Å². The summed E-state index contributed by atoms with van der Waals surface area (Å²) in [6.07, 6.45) is 1.89. The van der Waals surface area contributed by atoms with Crippen molar-refractivity contribution in [2.75, 3.05) is 0 Å². The van der Waals surface area contributed by atoms with E-state index in [-0.39, 0.29) is 27.3 Å². The third-order valence-electron chi connectivity index (χ3n) is 4.96. The molecule has 136 valence electrons. The van der Waals surface area contributed by atoms with E-state index in [2.05, 4.69) is 24.3 Å². The van der Waals surface area contributed by atoms with Gasteiger partial charge in [0.25, 0.3) is 0 Å². The zero-order valence-electron chi connectivity index (χ0n) is 16.0. The molecule has 0 bridgehead atoms. The predicted octanol–water partition coefficient (Wildman–Crippen LogP) is 6.36. The Morgan fingerprint density at radius 3 is 1.41 bits per heavy atom. The molecule has 2 nitrogen and oxygen atoms in total. The Hall–Kier alpha value is -2.60. The van der Waals surface area contributed by atoms with Crippen LogP contribution in [0.2, 0.25) is 0 Å². The van der Waals surface area contributed by atoms with Gasteiger partial charge in [-0.25, -0.2) is 0 Å². The van der Waals surface area contributed by atoms with E-state index in [1.54, 1.807) is 0 Å². The van der Waals surface area contributed by atoms with E-state index in [4.69, 9.17) is 9.47 Å². The maximum absolute atomic E-state index is 5.76. The molecule has 2 heterocycles. The molecule has 0 fully saturated rings. The van der Waals surface area contributed by atoms with E-state index < -0.39 is 0 Å². The van der Waals surface area contributed by atoms with Gasteiger partial charge < -0.3 is 9.47 Å². The SMILES string of the molecule is [Cd+2].[c-]1ccc2c(c1)Cc1ccccc1O2.[c-]1ccc2c(c1)Cc1ccccc1O2. The summed E-state index contributed by atoms with van der Waals surface area (Å²) in [7, 11) is 0. The zero-order valence-corrected chi connectivity index (χ0v) is 20.1. The molecule has 0 unspecified atom stereocenters. The van der Waals surface area contributed by atoms with Crippen LogP contribution in [0.15, 0.2) is 84.9 Å². The van der Waals surface area contributed by atoms with Gasteiger partial charge in [0.05, 0.1) is 0 Å². The third kappa shape index (κ3) is 4.22. The van der Waals surface area contributed by atoms with Crippen LogP contribution in [0, 0.1) is 12.1 Å². The monoisotopic (exact) mass is 476 g/mol. The minimum absolute atomic E-state index is 0. The largest absolute Gasteiger partial charge is 2.00 e. The van der Waals surface area contributed by atoms with Gasteiger partial charge in [-0.15, -0.1) is 23.3 Å². The number of para-hydroxylation sites is 2. The number of fused-ring (bicyclic) bond motifs is 4. The summed E-state index contributed by atoms with van der Waals surface area (Å²) in [5, 5.41) is 0. The Morgan fingerprint density at radius 2 is 0.931 bits per heavy atom. The first-order chi connectivity index (χ1) is 13.9. The van der Waals surface area contributed by atoms with E-state index in [0.717, 1.165) is 35.8 Å². The standard InChI is InChI=1S/2C13H9O.Cd/c2*1-3-7-12-10(5-1)9-11-6-2-4-8-13(11)14-12;/h2*1,3-8H,9H2;/q2*-1;+2. The average molecular weight is 475 g/mol. The molecule has 0 N–H and O–H groups in total. The van der Waals surface area contributed by atoms with Gasteiger partial charge in [-0.05, 0) is 36.1 Å². The maximum atomic E-state index is 5.76. The van der Waals surface area contributed by atoms with Gasteiger partial charge in [0.1, 0.15) is 11.5 Å². The Morgan fingerprint density at radius 1 is 0.517 bits per heavy atom. The quantitative estimate of drug-likeness (QED) is 0.188. The summed E-state index contributed by atoms with van der Waals surface area (Å²) in [6, 6.07) is 34.1. The number of benzene rings is 4. The number of ether oxygens (including phenoxy) is 2. The number of hydrogen-bond donors (Lipinski definition) is 0. The summed E-state index contributed by atoms with van der Waals surface area (Å²) in [5.41, 5.74) is 4.93. The number of rotatable bonds is 0. The zero-order chi connectivity index (χ0) is 18.8. The van der Waals surface area contributed by atoms with Crippen LogP contribution in [0.25, 0.3) is 0 Å². The van der Waals surface area contributed by atoms with Crippen LogP contribution in [-0.2, 0) is 40.1 Å². The first-order valence-corrected chi connectivity index (χ1v) is 9.36. The first kappa shape index (κ1) is 19.7. The number of hydrogen-bond acceptors (Lipinski definition) is 2. The molecule has 2 aliphatic heterocycles. The van der Waals surface area contributed by atoms with Gasteiger partial charge in [-0.3, -0.25) is 0 Å². The van der Waals surface area contributed by atoms with Gasteiger partial charge in [0.2, 0.25) is 0 Å². The summed E-state index contributed by atoms with van der Waals surface area (Å²) in [6.45, 7) is 0. The second-order valence-corrected chi connectivity index (χ2v) is 6.84. The van der Waals surface area contributed by atoms with Crippen LogP contribution in [-0.4, -0.2) is 0 Å². The van der Waals surface area contributed by atoms with E-state index in [1.165, 1.54) is 22.3 Å². The molecule has 0 spiro atoms. The van der Waals surface area contributed by atoms with Gasteiger partial charge in [0, 0.05) is 11.5 Å². The van der Waals surface area contributed by atoms with Crippen molar-refractivity contribution < 1.29 is 36.8 Å². The van der Waals surface area contributed by atoms with Crippen molar-refractivity contribution >= 4 is 0 Å². The summed E-state index contributed by atoms with van der Waals surface area (Å²) in [5.74, 6) is 3.88. The van der Waals surface area contributed by atoms with E-state index in [0.29, 0.717) is 0 Å². The van der Waals surface area contributed by atoms with Crippen LogP contribution >= 0.6 is 0 Å². The molecule has 0 saturated heterocycles. The van der Waals surface area contributed by atoms with Gasteiger partial charge in [-0.1, -0.05) is 36.4 Å². The molecular weight excluding hydrogens is 457 g/mol. The molecule has 2 aliphatic rings. The minimum Gasteiger partial charge on any atom is -0.482 e. The smallest absolute Gasteiger partial charge is 0.482 e. The normalized spacial score (nSPS) is 12.1. The minimum atomic E-state index is 0. The predicted molar refractivity (Wildman–Crippen MR) is 109 cm³/mol. The molecule has 0 aromatic heterocycles. The Bertz CT molecular complexity index is 871. The van der Waals surface area contributed by atoms with Crippen LogP contribution in [0.4, 0.5) is 0 Å². The maximum Gasteiger partial charge on any atom is 2.00 e. The fourth-order valence-electron chi connectivity index (χ4n) is 3.52. The van der Waals surface area contributed by atoms with E-state index in [1.807, 2.05) is 72.8 Å². The molecule has 3 heteroatoms. The van der Waals surface area contributed by atoms with Crippen LogP contribution in [0.1, 0.15) is 22.3 Å². The molecule has 4 aromatic carbocycles. The topological polar surface area (TPSA) is 18.5 Å². The van der Waals surface area contributed by atoms with Crippen LogP contribution in [0.3, 0.4) is 0 Å². The summed E-state index contributed by atoms with van der Waals surface area (Å²) >= 11 is 0. The molecule has 0 amide bonds. The Balaban J connectivity index is 0.000000137. The van der Waals surface area contributed by atoms with Crippen molar-refractivity contribution in [2.45, 2.75) is 12.8 Å². The molecule has 4 aromatic rings. The second kappa shape index (κ2) is 8.82. The van der Waals surface area contributed by atoms with Gasteiger partial charge in [0.15, 0.2) is 0 Å². The molecular formula is C26H18CdO2. The molecule has 6 rings (SSSR count). The summed E-state index contributed by atoms with van der Waals surface area (Å²) < 4.78 is 11.5. The molecule has 29 heavy (non-hydrogen) atoms. The van der Waals surface area contributed by atoms with E-state index >= 15 is 0 Å². The second-order valence-electron chi connectivity index (χ2n) is 6.84. The first-order valence-electron chi connectivity index (χ1n) is 9.36. The molecule has 0 radical (unpaired) electrons.